The molecule has 1 aromatic carbocycles. The molecule has 0 saturated carbocycles. The average Bonchev–Trinajstić information content (AvgIpc) is 2.76. The van der Waals surface area contributed by atoms with Crippen LogP contribution in [-0.2, 0) is 9.63 Å². The Morgan fingerprint density at radius 2 is 2.09 bits per heavy atom. The number of amides is 1. The summed E-state index contributed by atoms with van der Waals surface area (Å²) in [5.74, 6) is -0.541. The number of hydrogen-bond donors (Lipinski definition) is 2. The van der Waals surface area contributed by atoms with Gasteiger partial charge in [-0.3, -0.25) is 4.79 Å². The molecule has 1 aliphatic rings. The molecule has 0 atom stereocenters. The zero-order valence-electron chi connectivity index (χ0n) is 12.4. The fourth-order valence-electron chi connectivity index (χ4n) is 1.93. The molecule has 2 rings (SSSR count). The van der Waals surface area contributed by atoms with E-state index in [1.807, 2.05) is 6.92 Å². The molecule has 0 spiro atoms. The van der Waals surface area contributed by atoms with Crippen molar-refractivity contribution in [2.24, 2.45) is 5.16 Å². The second-order valence-corrected chi connectivity index (χ2v) is 5.23. The Balaban J connectivity index is 2.27. The van der Waals surface area contributed by atoms with Gasteiger partial charge in [0, 0.05) is 5.02 Å². The third kappa shape index (κ3) is 3.68. The summed E-state index contributed by atoms with van der Waals surface area (Å²) in [5.41, 5.74) is 1.59. The molecule has 5 nitrogen and oxygen atoms in total. The van der Waals surface area contributed by atoms with E-state index in [0.717, 1.165) is 12.0 Å². The van der Waals surface area contributed by atoms with E-state index >= 15 is 0 Å². The van der Waals surface area contributed by atoms with Gasteiger partial charge in [-0.05, 0) is 37.1 Å². The number of oxime groups is 1. The normalized spacial score (nSPS) is 17.1. The maximum atomic E-state index is 12.0. The lowest BCUT2D eigenvalue weighted by molar-refractivity contribution is -0.115. The molecule has 116 valence electrons. The van der Waals surface area contributed by atoms with Gasteiger partial charge in [-0.1, -0.05) is 35.8 Å². The van der Waals surface area contributed by atoms with Crippen molar-refractivity contribution in [2.75, 3.05) is 6.61 Å². The topological polar surface area (TPSA) is 70.9 Å². The van der Waals surface area contributed by atoms with Gasteiger partial charge >= 0.3 is 0 Å². The minimum atomic E-state index is -0.404. The summed E-state index contributed by atoms with van der Waals surface area (Å²) in [5, 5.41) is 17.3. The van der Waals surface area contributed by atoms with E-state index in [2.05, 4.69) is 10.5 Å². The molecule has 0 aromatic heterocycles. The first kappa shape index (κ1) is 16.1. The van der Waals surface area contributed by atoms with E-state index in [1.54, 1.807) is 37.3 Å². The Bertz CT molecular complexity index is 660. The van der Waals surface area contributed by atoms with Crippen LogP contribution in [0.2, 0.25) is 5.02 Å². The molecule has 6 heteroatoms. The molecule has 1 amide bonds. The molecule has 0 unspecified atom stereocenters. The lowest BCUT2D eigenvalue weighted by atomic mass is 10.1. The maximum absolute atomic E-state index is 12.0. The van der Waals surface area contributed by atoms with E-state index < -0.39 is 5.91 Å². The molecule has 0 radical (unpaired) electrons. The smallest absolute Gasteiger partial charge is 0.261 e. The van der Waals surface area contributed by atoms with Crippen LogP contribution in [-0.4, -0.2) is 23.3 Å². The van der Waals surface area contributed by atoms with Crippen LogP contribution in [0.15, 0.2) is 46.5 Å². The number of rotatable bonds is 5. The highest BCUT2D eigenvalue weighted by molar-refractivity contribution is 6.30. The number of hydrogen-bond acceptors (Lipinski definition) is 4. The summed E-state index contributed by atoms with van der Waals surface area (Å²) in [6.07, 6.45) is 2.48. The summed E-state index contributed by atoms with van der Waals surface area (Å²) in [6, 6.07) is 7.05. The molecule has 0 aliphatic carbocycles. The highest BCUT2D eigenvalue weighted by Gasteiger charge is 2.29. The summed E-state index contributed by atoms with van der Waals surface area (Å²) >= 11 is 5.83. The molecule has 2 N–H and O–H groups in total. The van der Waals surface area contributed by atoms with Gasteiger partial charge < -0.3 is 15.3 Å². The van der Waals surface area contributed by atoms with E-state index in [0.29, 0.717) is 23.0 Å². The highest BCUT2D eigenvalue weighted by Crippen LogP contribution is 2.22. The lowest BCUT2D eigenvalue weighted by Crippen LogP contribution is -2.19. The number of aliphatic hydroxyl groups is 1. The standard InChI is InChI=1S/C16H17ClN2O3/c1-3-8-22-19-10(2)14-15(20)13(18-16(14)21)9-11-4-6-12(17)7-5-11/h4-7,9,20H,3,8H2,1-2H3,(H,18,21)/b13-9-,19-10+. The van der Waals surface area contributed by atoms with Gasteiger partial charge in [0.25, 0.3) is 5.91 Å². The largest absolute Gasteiger partial charge is 0.505 e. The first-order valence-corrected chi connectivity index (χ1v) is 7.30. The van der Waals surface area contributed by atoms with Crippen LogP contribution >= 0.6 is 11.6 Å². The number of aliphatic hydroxyl groups excluding tert-OH is 1. The Morgan fingerprint density at radius 1 is 1.41 bits per heavy atom. The number of nitrogens with zero attached hydrogens (tertiary/aromatic N) is 1. The van der Waals surface area contributed by atoms with Crippen molar-refractivity contribution in [3.63, 3.8) is 0 Å². The van der Waals surface area contributed by atoms with Crippen LogP contribution < -0.4 is 5.32 Å². The van der Waals surface area contributed by atoms with Gasteiger partial charge in [-0.15, -0.1) is 0 Å². The van der Waals surface area contributed by atoms with Crippen LogP contribution in [0, 0.1) is 0 Å². The van der Waals surface area contributed by atoms with Crippen LogP contribution in [0.3, 0.4) is 0 Å². The number of benzene rings is 1. The molecule has 0 fully saturated rings. The van der Waals surface area contributed by atoms with E-state index in [-0.39, 0.29) is 11.3 Å². The van der Waals surface area contributed by atoms with Crippen molar-refractivity contribution in [1.82, 2.24) is 5.32 Å². The maximum Gasteiger partial charge on any atom is 0.261 e. The second kappa shape index (κ2) is 7.13. The van der Waals surface area contributed by atoms with Crippen LogP contribution in [0.1, 0.15) is 25.8 Å². The fraction of sp³-hybridized carbons (Fsp3) is 0.250. The lowest BCUT2D eigenvalue weighted by Gasteiger charge is -2.00. The van der Waals surface area contributed by atoms with E-state index in [9.17, 15) is 9.90 Å². The van der Waals surface area contributed by atoms with Crippen molar-refractivity contribution < 1.29 is 14.7 Å². The third-order valence-corrected chi connectivity index (χ3v) is 3.26. The van der Waals surface area contributed by atoms with E-state index in [4.69, 9.17) is 16.4 Å². The Kier molecular flexibility index (Phi) is 5.22. The predicted molar refractivity (Wildman–Crippen MR) is 86.6 cm³/mol. The zero-order valence-corrected chi connectivity index (χ0v) is 13.1. The molecule has 0 bridgehead atoms. The summed E-state index contributed by atoms with van der Waals surface area (Å²) in [6.45, 7) is 4.03. The Labute approximate surface area is 133 Å². The second-order valence-electron chi connectivity index (χ2n) is 4.80. The van der Waals surface area contributed by atoms with Gasteiger partial charge in [0.15, 0.2) is 5.76 Å². The Hall–Kier alpha value is -2.27. The minimum Gasteiger partial charge on any atom is -0.505 e. The summed E-state index contributed by atoms with van der Waals surface area (Å²) in [4.78, 5) is 17.0. The van der Waals surface area contributed by atoms with E-state index in [1.165, 1.54) is 0 Å². The third-order valence-electron chi connectivity index (χ3n) is 3.01. The predicted octanol–water partition coefficient (Wildman–Crippen LogP) is 3.43. The molecular formula is C16H17ClN2O3. The van der Waals surface area contributed by atoms with Crippen LogP contribution in [0.5, 0.6) is 0 Å². The average molecular weight is 321 g/mol. The van der Waals surface area contributed by atoms with Gasteiger partial charge in [-0.25, -0.2) is 0 Å². The molecule has 1 aliphatic heterocycles. The minimum absolute atomic E-state index is 0.122. The number of carbonyl (C=O) groups is 1. The van der Waals surface area contributed by atoms with Crippen molar-refractivity contribution in [3.05, 3.63) is 51.9 Å². The monoisotopic (exact) mass is 320 g/mol. The molecule has 1 aromatic rings. The van der Waals surface area contributed by atoms with Crippen molar-refractivity contribution in [1.29, 1.82) is 0 Å². The van der Waals surface area contributed by atoms with Crippen LogP contribution in [0.25, 0.3) is 6.08 Å². The fourth-order valence-corrected chi connectivity index (χ4v) is 2.06. The van der Waals surface area contributed by atoms with Gasteiger partial charge in [0.2, 0.25) is 0 Å². The SMILES string of the molecule is CCCO/N=C(\C)C1=C(O)/C(=C/c2ccc(Cl)cc2)NC1=O. The van der Waals surface area contributed by atoms with Gasteiger partial charge in [-0.2, -0.15) is 0 Å². The van der Waals surface area contributed by atoms with Crippen molar-refractivity contribution in [3.8, 4) is 0 Å². The quantitative estimate of drug-likeness (QED) is 0.496. The zero-order chi connectivity index (χ0) is 16.1. The first-order chi connectivity index (χ1) is 10.5. The number of nitrogens with one attached hydrogen (secondary N) is 1. The summed E-state index contributed by atoms with van der Waals surface area (Å²) in [7, 11) is 0. The van der Waals surface area contributed by atoms with Crippen LogP contribution in [0.4, 0.5) is 0 Å². The van der Waals surface area contributed by atoms with Gasteiger partial charge in [0.05, 0.1) is 11.4 Å². The Morgan fingerprint density at radius 3 is 2.73 bits per heavy atom. The summed E-state index contributed by atoms with van der Waals surface area (Å²) < 4.78 is 0. The molecule has 22 heavy (non-hydrogen) atoms. The molecule has 1 heterocycles. The van der Waals surface area contributed by atoms with Crippen molar-refractivity contribution in [2.45, 2.75) is 20.3 Å². The highest BCUT2D eigenvalue weighted by atomic mass is 35.5. The molecular weight excluding hydrogens is 304 g/mol. The number of carbonyl (C=O) groups excluding carboxylic acids is 1. The number of halogens is 1. The first-order valence-electron chi connectivity index (χ1n) is 6.92. The van der Waals surface area contributed by atoms with Gasteiger partial charge in [0.1, 0.15) is 12.2 Å². The van der Waals surface area contributed by atoms with Crippen molar-refractivity contribution >= 4 is 29.3 Å². The molecule has 0 saturated heterocycles.